The molecule has 1 heterocycles. The Hall–Kier alpha value is -1.37. The molecule has 12 heavy (non-hydrogen) atoms. The Morgan fingerprint density at radius 2 is 1.75 bits per heavy atom. The zero-order valence-electron chi connectivity index (χ0n) is 7.49. The minimum Gasteiger partial charge on any atom is -0.264 e. The van der Waals surface area contributed by atoms with Crippen LogP contribution >= 0.6 is 0 Å². The van der Waals surface area contributed by atoms with Gasteiger partial charge in [-0.3, -0.25) is 4.98 Å². The molecule has 0 N–H and O–H groups in total. The summed E-state index contributed by atoms with van der Waals surface area (Å²) in [4.78, 5) is 4.06. The van der Waals surface area contributed by atoms with Crippen LogP contribution in [-0.2, 0) is 0 Å². The maximum absolute atomic E-state index is 4.06. The van der Waals surface area contributed by atoms with Crippen molar-refractivity contribution in [2.75, 3.05) is 0 Å². The summed E-state index contributed by atoms with van der Waals surface area (Å²) < 4.78 is 0. The zero-order chi connectivity index (χ0) is 8.81. The second-order valence-corrected chi connectivity index (χ2v) is 2.50. The first-order valence-electron chi connectivity index (χ1n) is 4.08. The van der Waals surface area contributed by atoms with Crippen molar-refractivity contribution in [2.45, 2.75) is 13.8 Å². The highest BCUT2D eigenvalue weighted by Crippen LogP contribution is 2.10. The molecule has 0 bridgehead atoms. The molecule has 0 aliphatic rings. The lowest BCUT2D eigenvalue weighted by atomic mass is 10.1. The Kier molecular flexibility index (Phi) is 3.27. The third-order valence-electron chi connectivity index (χ3n) is 1.58. The van der Waals surface area contributed by atoms with E-state index >= 15 is 0 Å². The first kappa shape index (κ1) is 8.72. The second kappa shape index (κ2) is 4.50. The predicted octanol–water partition coefficient (Wildman–Crippen LogP) is 3.15. The van der Waals surface area contributed by atoms with Gasteiger partial charge in [0.1, 0.15) is 0 Å². The fourth-order valence-electron chi connectivity index (χ4n) is 1.07. The van der Waals surface area contributed by atoms with E-state index in [1.54, 1.807) is 0 Å². The summed E-state index contributed by atoms with van der Waals surface area (Å²) >= 11 is 0. The monoisotopic (exact) mass is 159 g/mol. The summed E-state index contributed by atoms with van der Waals surface area (Å²) in [5.41, 5.74) is 2.38. The van der Waals surface area contributed by atoms with Gasteiger partial charge in [0.25, 0.3) is 0 Å². The molecule has 1 aromatic rings. The molecule has 1 heteroatoms. The van der Waals surface area contributed by atoms with Gasteiger partial charge in [-0.1, -0.05) is 24.3 Å². The summed E-state index contributed by atoms with van der Waals surface area (Å²) in [5, 5.41) is 0. The Labute approximate surface area is 73.5 Å². The average Bonchev–Trinajstić information content (AvgIpc) is 2.09. The van der Waals surface area contributed by atoms with E-state index in [0.717, 1.165) is 5.56 Å². The fourth-order valence-corrected chi connectivity index (χ4v) is 1.07. The minimum atomic E-state index is 1.16. The van der Waals surface area contributed by atoms with Crippen LogP contribution in [0.25, 0.3) is 12.2 Å². The van der Waals surface area contributed by atoms with Crippen molar-refractivity contribution in [3.05, 3.63) is 41.7 Å². The molecule has 0 atom stereocenters. The fraction of sp³-hybridized carbons (Fsp3) is 0.182. The van der Waals surface area contributed by atoms with Gasteiger partial charge < -0.3 is 0 Å². The SMILES string of the molecule is C/C=C\c1ccncc1/C=C\C. The van der Waals surface area contributed by atoms with E-state index in [0.29, 0.717) is 0 Å². The largest absolute Gasteiger partial charge is 0.264 e. The van der Waals surface area contributed by atoms with Crippen molar-refractivity contribution in [1.29, 1.82) is 0 Å². The number of aromatic nitrogens is 1. The summed E-state index contributed by atoms with van der Waals surface area (Å²) in [6, 6.07) is 2.01. The zero-order valence-corrected chi connectivity index (χ0v) is 7.49. The molecule has 0 aliphatic heterocycles. The number of hydrogen-bond acceptors (Lipinski definition) is 1. The van der Waals surface area contributed by atoms with Crippen LogP contribution in [-0.4, -0.2) is 4.98 Å². The van der Waals surface area contributed by atoms with Gasteiger partial charge in [-0.2, -0.15) is 0 Å². The highest BCUT2D eigenvalue weighted by Gasteiger charge is 1.92. The number of hydrogen-bond donors (Lipinski definition) is 0. The highest BCUT2D eigenvalue weighted by molar-refractivity contribution is 5.63. The van der Waals surface area contributed by atoms with Gasteiger partial charge in [-0.25, -0.2) is 0 Å². The Balaban J connectivity index is 3.08. The lowest BCUT2D eigenvalue weighted by Gasteiger charge is -1.97. The topological polar surface area (TPSA) is 12.9 Å². The molecule has 0 unspecified atom stereocenters. The highest BCUT2D eigenvalue weighted by atomic mass is 14.6. The van der Waals surface area contributed by atoms with Crippen molar-refractivity contribution >= 4 is 12.2 Å². The van der Waals surface area contributed by atoms with E-state index in [4.69, 9.17) is 0 Å². The van der Waals surface area contributed by atoms with Crippen LogP contribution in [0.15, 0.2) is 30.6 Å². The molecule has 0 aromatic carbocycles. The van der Waals surface area contributed by atoms with Crippen LogP contribution in [0.1, 0.15) is 25.0 Å². The van der Waals surface area contributed by atoms with Crippen LogP contribution in [0.4, 0.5) is 0 Å². The Morgan fingerprint density at radius 3 is 2.42 bits per heavy atom. The number of pyridine rings is 1. The third-order valence-corrected chi connectivity index (χ3v) is 1.58. The van der Waals surface area contributed by atoms with Gasteiger partial charge >= 0.3 is 0 Å². The second-order valence-electron chi connectivity index (χ2n) is 2.50. The predicted molar refractivity (Wildman–Crippen MR) is 53.7 cm³/mol. The van der Waals surface area contributed by atoms with Crippen LogP contribution in [0.3, 0.4) is 0 Å². The molecular weight excluding hydrogens is 146 g/mol. The van der Waals surface area contributed by atoms with Crippen LogP contribution in [0, 0.1) is 0 Å². The standard InChI is InChI=1S/C11H13N/c1-3-5-10-7-8-12-9-11(10)6-4-2/h3-9H,1-2H3/b5-3-,6-4-. The van der Waals surface area contributed by atoms with Crippen molar-refractivity contribution in [3.8, 4) is 0 Å². The van der Waals surface area contributed by atoms with E-state index in [-0.39, 0.29) is 0 Å². The third kappa shape index (κ3) is 2.06. The first-order valence-corrected chi connectivity index (χ1v) is 4.08. The number of allylic oxidation sites excluding steroid dienone is 2. The van der Waals surface area contributed by atoms with Crippen LogP contribution < -0.4 is 0 Å². The van der Waals surface area contributed by atoms with Crippen molar-refractivity contribution in [1.82, 2.24) is 4.98 Å². The quantitative estimate of drug-likeness (QED) is 0.646. The molecule has 1 aromatic heterocycles. The van der Waals surface area contributed by atoms with E-state index in [2.05, 4.69) is 17.1 Å². The molecule has 0 amide bonds. The van der Waals surface area contributed by atoms with Crippen molar-refractivity contribution in [3.63, 3.8) is 0 Å². The van der Waals surface area contributed by atoms with Crippen molar-refractivity contribution in [2.24, 2.45) is 0 Å². The van der Waals surface area contributed by atoms with Crippen LogP contribution in [0.2, 0.25) is 0 Å². The van der Waals surface area contributed by atoms with Gasteiger partial charge in [0, 0.05) is 12.4 Å². The summed E-state index contributed by atoms with van der Waals surface area (Å²) in [5.74, 6) is 0. The first-order chi connectivity index (χ1) is 5.88. The lowest BCUT2D eigenvalue weighted by Crippen LogP contribution is -1.81. The van der Waals surface area contributed by atoms with Gasteiger partial charge in [-0.15, -0.1) is 0 Å². The van der Waals surface area contributed by atoms with Gasteiger partial charge in [0.2, 0.25) is 0 Å². The molecule has 0 saturated carbocycles. The molecular formula is C11H13N. The summed E-state index contributed by atoms with van der Waals surface area (Å²) in [7, 11) is 0. The van der Waals surface area contributed by atoms with E-state index in [9.17, 15) is 0 Å². The normalized spacial score (nSPS) is 11.5. The van der Waals surface area contributed by atoms with Gasteiger partial charge in [0.05, 0.1) is 0 Å². The molecule has 0 radical (unpaired) electrons. The number of rotatable bonds is 2. The smallest absolute Gasteiger partial charge is 0.0346 e. The molecule has 0 fully saturated rings. The molecule has 1 rings (SSSR count). The molecule has 0 spiro atoms. The van der Waals surface area contributed by atoms with Crippen molar-refractivity contribution < 1.29 is 0 Å². The molecule has 62 valence electrons. The summed E-state index contributed by atoms with van der Waals surface area (Å²) in [6.45, 7) is 4.02. The lowest BCUT2D eigenvalue weighted by molar-refractivity contribution is 1.31. The Morgan fingerprint density at radius 1 is 1.08 bits per heavy atom. The molecule has 1 nitrogen and oxygen atoms in total. The maximum atomic E-state index is 4.06. The van der Waals surface area contributed by atoms with E-state index < -0.39 is 0 Å². The average molecular weight is 159 g/mol. The maximum Gasteiger partial charge on any atom is 0.0346 e. The summed E-state index contributed by atoms with van der Waals surface area (Å²) in [6.07, 6.45) is 11.9. The molecule has 0 aliphatic carbocycles. The van der Waals surface area contributed by atoms with Gasteiger partial charge in [0.15, 0.2) is 0 Å². The minimum absolute atomic E-state index is 1.16. The van der Waals surface area contributed by atoms with E-state index in [1.807, 2.05) is 44.5 Å². The molecule has 0 saturated heterocycles. The number of nitrogens with zero attached hydrogens (tertiary/aromatic N) is 1. The van der Waals surface area contributed by atoms with Gasteiger partial charge in [-0.05, 0) is 31.0 Å². The van der Waals surface area contributed by atoms with Crippen LogP contribution in [0.5, 0.6) is 0 Å². The Bertz CT molecular complexity index is 267. The van der Waals surface area contributed by atoms with E-state index in [1.165, 1.54) is 5.56 Å².